The fourth-order valence-corrected chi connectivity index (χ4v) is 6.58. The molecule has 2 atom stereocenters. The van der Waals surface area contributed by atoms with Crippen LogP contribution in [0.5, 0.6) is 0 Å². The third kappa shape index (κ3) is 5.66. The van der Waals surface area contributed by atoms with E-state index in [-0.39, 0.29) is 10.6 Å². The van der Waals surface area contributed by atoms with Gasteiger partial charge in [-0.3, -0.25) is 9.59 Å². The normalized spacial score (nSPS) is 17.3. The molecule has 0 aliphatic heterocycles. The third-order valence-electron chi connectivity index (χ3n) is 7.02. The molecular formula is C31H20Cl5N3O2. The van der Waals surface area contributed by atoms with Crippen LogP contribution in [0.1, 0.15) is 21.8 Å². The van der Waals surface area contributed by atoms with Gasteiger partial charge in [-0.25, -0.2) is 0 Å². The highest BCUT2D eigenvalue weighted by Crippen LogP contribution is 2.65. The smallest absolute Gasteiger partial charge is 0.257 e. The second-order valence-electron chi connectivity index (χ2n) is 9.82. The predicted molar refractivity (Wildman–Crippen MR) is 169 cm³/mol. The Labute approximate surface area is 260 Å². The first kappa shape index (κ1) is 28.0. The van der Waals surface area contributed by atoms with Crippen LogP contribution >= 0.6 is 58.0 Å². The van der Waals surface area contributed by atoms with Gasteiger partial charge in [-0.2, -0.15) is 0 Å². The standard InChI is InChI=1S/C31H20Cl5N3O2/c32-19-10-18(11-20(33)14-19)27-28(31(27,35)36)30(41)38-22-6-8-24(34)23(15-22)29(40)37-21-7-9-25-17(12-21)13-26(39-25)16-4-2-1-3-5-16/h1-15,27-28,39H,(H,37,40)(H,38,41). The van der Waals surface area contributed by atoms with Gasteiger partial charge in [0, 0.05) is 43.9 Å². The van der Waals surface area contributed by atoms with E-state index in [1.807, 2.05) is 48.5 Å². The number of nitrogens with one attached hydrogen (secondary N) is 3. The monoisotopic (exact) mass is 641 g/mol. The Morgan fingerprint density at radius 3 is 2.17 bits per heavy atom. The number of aromatic amines is 1. The Kier molecular flexibility index (Phi) is 7.43. The van der Waals surface area contributed by atoms with Crippen LogP contribution in [-0.2, 0) is 4.79 Å². The zero-order valence-electron chi connectivity index (χ0n) is 21.0. The van der Waals surface area contributed by atoms with Crippen LogP contribution in [-0.4, -0.2) is 21.1 Å². The molecule has 4 aromatic carbocycles. The average Bonchev–Trinajstić information content (AvgIpc) is 3.28. The number of hydrogen-bond donors (Lipinski definition) is 3. The van der Waals surface area contributed by atoms with Gasteiger partial charge in [-0.15, -0.1) is 23.2 Å². The summed E-state index contributed by atoms with van der Waals surface area (Å²) in [7, 11) is 0. The van der Waals surface area contributed by atoms with E-state index >= 15 is 0 Å². The van der Waals surface area contributed by atoms with Crippen molar-refractivity contribution in [3.63, 3.8) is 0 Å². The second-order valence-corrected chi connectivity index (χ2v) is 12.5. The minimum Gasteiger partial charge on any atom is -0.355 e. The first-order valence-corrected chi connectivity index (χ1v) is 14.4. The number of H-pyrrole nitrogens is 1. The Balaban J connectivity index is 1.18. The fraction of sp³-hybridized carbons (Fsp3) is 0.0968. The van der Waals surface area contributed by atoms with Gasteiger partial charge in [-0.05, 0) is 71.8 Å². The molecule has 0 saturated heterocycles. The van der Waals surface area contributed by atoms with Gasteiger partial charge in [-0.1, -0.05) is 65.1 Å². The van der Waals surface area contributed by atoms with E-state index in [9.17, 15) is 9.59 Å². The number of aromatic nitrogens is 1. The number of amides is 2. The number of benzene rings is 4. The summed E-state index contributed by atoms with van der Waals surface area (Å²) in [6.45, 7) is 0. The molecule has 1 aliphatic carbocycles. The molecule has 1 aliphatic rings. The van der Waals surface area contributed by atoms with E-state index < -0.39 is 28.0 Å². The lowest BCUT2D eigenvalue weighted by atomic mass is 10.1. The van der Waals surface area contributed by atoms with Crippen LogP contribution in [0.15, 0.2) is 91.0 Å². The van der Waals surface area contributed by atoms with E-state index in [2.05, 4.69) is 15.6 Å². The lowest BCUT2D eigenvalue weighted by Gasteiger charge is -2.10. The van der Waals surface area contributed by atoms with Crippen LogP contribution in [0.2, 0.25) is 15.1 Å². The minimum absolute atomic E-state index is 0.195. The molecule has 5 nitrogen and oxygen atoms in total. The molecule has 3 N–H and O–H groups in total. The topological polar surface area (TPSA) is 74.0 Å². The van der Waals surface area contributed by atoms with E-state index in [4.69, 9.17) is 58.0 Å². The molecule has 2 unspecified atom stereocenters. The number of fused-ring (bicyclic) bond motifs is 1. The summed E-state index contributed by atoms with van der Waals surface area (Å²) in [6, 6.07) is 27.2. The number of rotatable bonds is 6. The number of alkyl halides is 2. The maximum absolute atomic E-state index is 13.2. The average molecular weight is 644 g/mol. The number of hydrogen-bond acceptors (Lipinski definition) is 2. The molecule has 10 heteroatoms. The molecule has 6 rings (SSSR count). The lowest BCUT2D eigenvalue weighted by Crippen LogP contribution is -2.18. The molecule has 5 aromatic rings. The highest BCUT2D eigenvalue weighted by atomic mass is 35.5. The highest BCUT2D eigenvalue weighted by Gasteiger charge is 2.67. The molecule has 1 saturated carbocycles. The Hall–Kier alpha value is -3.19. The highest BCUT2D eigenvalue weighted by molar-refractivity contribution is 6.53. The molecule has 1 heterocycles. The quantitative estimate of drug-likeness (QED) is 0.161. The van der Waals surface area contributed by atoms with Crippen LogP contribution in [0.4, 0.5) is 11.4 Å². The predicted octanol–water partition coefficient (Wildman–Crippen LogP) is 9.57. The molecular weight excluding hydrogens is 624 g/mol. The summed E-state index contributed by atoms with van der Waals surface area (Å²) in [5.74, 6) is -2.08. The zero-order chi connectivity index (χ0) is 28.9. The molecule has 41 heavy (non-hydrogen) atoms. The van der Waals surface area contributed by atoms with Crippen LogP contribution in [0.25, 0.3) is 22.2 Å². The summed E-state index contributed by atoms with van der Waals surface area (Å²) in [5, 5.41) is 7.71. The van der Waals surface area contributed by atoms with Crippen molar-refractivity contribution in [2.45, 2.75) is 10.3 Å². The van der Waals surface area contributed by atoms with Crippen molar-refractivity contribution in [3.05, 3.63) is 117 Å². The van der Waals surface area contributed by atoms with Crippen LogP contribution in [0, 0.1) is 5.92 Å². The van der Waals surface area contributed by atoms with Crippen molar-refractivity contribution in [2.75, 3.05) is 10.6 Å². The molecule has 0 radical (unpaired) electrons. The molecule has 1 fully saturated rings. The number of anilines is 2. The summed E-state index contributed by atoms with van der Waals surface area (Å²) >= 11 is 31.6. The molecule has 2 amide bonds. The van der Waals surface area contributed by atoms with Crippen molar-refractivity contribution in [1.82, 2.24) is 4.98 Å². The summed E-state index contributed by atoms with van der Waals surface area (Å²) in [4.78, 5) is 29.7. The number of halogens is 5. The first-order chi connectivity index (χ1) is 19.6. The minimum atomic E-state index is -1.33. The summed E-state index contributed by atoms with van der Waals surface area (Å²) in [6.07, 6.45) is 0. The van der Waals surface area contributed by atoms with Crippen molar-refractivity contribution in [2.24, 2.45) is 5.92 Å². The van der Waals surface area contributed by atoms with Crippen molar-refractivity contribution in [3.8, 4) is 11.3 Å². The third-order valence-corrected chi connectivity index (χ3v) is 8.73. The first-order valence-electron chi connectivity index (χ1n) is 12.5. The Morgan fingerprint density at radius 2 is 1.44 bits per heavy atom. The molecule has 0 spiro atoms. The van der Waals surface area contributed by atoms with Gasteiger partial charge in [0.25, 0.3) is 5.91 Å². The maximum Gasteiger partial charge on any atom is 0.257 e. The lowest BCUT2D eigenvalue weighted by molar-refractivity contribution is -0.117. The maximum atomic E-state index is 13.2. The molecule has 1 aromatic heterocycles. The Morgan fingerprint density at radius 1 is 0.756 bits per heavy atom. The van der Waals surface area contributed by atoms with E-state index in [0.717, 1.165) is 22.2 Å². The van der Waals surface area contributed by atoms with Gasteiger partial charge < -0.3 is 15.6 Å². The second kappa shape index (κ2) is 10.9. The SMILES string of the molecule is O=C(Nc1ccc2[nH]c(-c3ccccc3)cc2c1)c1cc(NC(=O)C2C(c3cc(Cl)cc(Cl)c3)C2(Cl)Cl)ccc1Cl. The van der Waals surface area contributed by atoms with Crippen LogP contribution < -0.4 is 10.6 Å². The molecule has 0 bridgehead atoms. The Bertz CT molecular complexity index is 1800. The van der Waals surface area contributed by atoms with Gasteiger partial charge >= 0.3 is 0 Å². The van der Waals surface area contributed by atoms with Gasteiger partial charge in [0.15, 0.2) is 0 Å². The van der Waals surface area contributed by atoms with Gasteiger partial charge in [0.1, 0.15) is 4.33 Å². The zero-order valence-corrected chi connectivity index (χ0v) is 24.8. The number of carbonyl (C=O) groups excluding carboxylic acids is 2. The van der Waals surface area contributed by atoms with Crippen molar-refractivity contribution < 1.29 is 9.59 Å². The van der Waals surface area contributed by atoms with Crippen molar-refractivity contribution in [1.29, 1.82) is 0 Å². The fourth-order valence-electron chi connectivity index (χ4n) is 5.00. The van der Waals surface area contributed by atoms with E-state index in [1.54, 1.807) is 36.4 Å². The van der Waals surface area contributed by atoms with Crippen LogP contribution in [0.3, 0.4) is 0 Å². The van der Waals surface area contributed by atoms with E-state index in [0.29, 0.717) is 27.0 Å². The van der Waals surface area contributed by atoms with Gasteiger partial charge in [0.05, 0.1) is 16.5 Å². The van der Waals surface area contributed by atoms with E-state index in [1.165, 1.54) is 6.07 Å². The van der Waals surface area contributed by atoms with Gasteiger partial charge in [0.2, 0.25) is 5.91 Å². The molecule has 206 valence electrons. The largest absolute Gasteiger partial charge is 0.355 e. The summed E-state index contributed by atoms with van der Waals surface area (Å²) in [5.41, 5.74) is 4.82. The number of carbonyl (C=O) groups is 2. The summed E-state index contributed by atoms with van der Waals surface area (Å²) < 4.78 is -1.33. The van der Waals surface area contributed by atoms with Crippen molar-refractivity contribution >= 4 is 92.1 Å².